The molecule has 0 saturated carbocycles. The van der Waals surface area contributed by atoms with E-state index in [9.17, 15) is 8.42 Å². The van der Waals surface area contributed by atoms with E-state index in [1.165, 1.54) is 5.56 Å². The highest BCUT2D eigenvalue weighted by Gasteiger charge is 2.30. The van der Waals surface area contributed by atoms with E-state index in [1.54, 1.807) is 0 Å². The molecule has 0 aliphatic heterocycles. The highest BCUT2D eigenvalue weighted by Crippen LogP contribution is 2.36. The lowest BCUT2D eigenvalue weighted by atomic mass is 9.89. The van der Waals surface area contributed by atoms with Crippen LogP contribution in [0.1, 0.15) is 93.2 Å². The molecule has 0 heterocycles. The maximum absolute atomic E-state index is 14.1. The summed E-state index contributed by atoms with van der Waals surface area (Å²) in [5.41, 5.74) is 4.72. The maximum atomic E-state index is 14.1. The smallest absolute Gasteiger partial charge is 0.207 e. The largest absolute Gasteiger partial charge is 0.242 e. The van der Waals surface area contributed by atoms with Crippen molar-refractivity contribution in [1.29, 1.82) is 0 Å². The Morgan fingerprint density at radius 2 is 1.15 bits per heavy atom. The molecule has 0 fully saturated rings. The second kappa shape index (κ2) is 10.5. The average Bonchev–Trinajstić information content (AvgIpc) is 2.77. The highest BCUT2D eigenvalue weighted by molar-refractivity contribution is 9.10. The summed E-state index contributed by atoms with van der Waals surface area (Å²) in [6.45, 7) is 12.5. The van der Waals surface area contributed by atoms with E-state index in [0.717, 1.165) is 26.7 Å². The molecule has 1 atom stereocenters. The Morgan fingerprint density at radius 1 is 0.667 bits per heavy atom. The van der Waals surface area contributed by atoms with Gasteiger partial charge in [0, 0.05) is 4.47 Å². The fourth-order valence-corrected chi connectivity index (χ4v) is 6.22. The molecule has 0 spiro atoms. The van der Waals surface area contributed by atoms with Gasteiger partial charge >= 0.3 is 0 Å². The third-order valence-corrected chi connectivity index (χ3v) is 8.04. The van der Waals surface area contributed by atoms with Crippen LogP contribution in [-0.2, 0) is 10.0 Å². The van der Waals surface area contributed by atoms with Gasteiger partial charge in [0.15, 0.2) is 0 Å². The van der Waals surface area contributed by atoms with Crippen LogP contribution in [0.25, 0.3) is 0 Å². The lowest BCUT2D eigenvalue weighted by Gasteiger charge is -2.26. The molecular weight excluding hydrogens is 494 g/mol. The van der Waals surface area contributed by atoms with E-state index >= 15 is 0 Å². The third kappa shape index (κ3) is 5.95. The van der Waals surface area contributed by atoms with E-state index in [-0.39, 0.29) is 11.8 Å². The van der Waals surface area contributed by atoms with Crippen molar-refractivity contribution in [1.82, 2.24) is 4.72 Å². The maximum Gasteiger partial charge on any atom is 0.242 e. The zero-order valence-electron chi connectivity index (χ0n) is 20.3. The summed E-state index contributed by atoms with van der Waals surface area (Å²) in [5.74, 6) is 0.482. The van der Waals surface area contributed by atoms with Crippen LogP contribution in [0.4, 0.5) is 0 Å². The summed E-state index contributed by atoms with van der Waals surface area (Å²) in [7, 11) is -3.82. The Bertz CT molecular complexity index is 1160. The molecular formula is C28H34BrNO2S. The van der Waals surface area contributed by atoms with Gasteiger partial charge < -0.3 is 0 Å². The quantitative estimate of drug-likeness (QED) is 0.323. The van der Waals surface area contributed by atoms with Gasteiger partial charge in [-0.05, 0) is 57.7 Å². The molecule has 0 radical (unpaired) electrons. The zero-order valence-corrected chi connectivity index (χ0v) is 22.7. The molecule has 0 aromatic heterocycles. The minimum absolute atomic E-state index is 0.0793. The Morgan fingerprint density at radius 3 is 1.61 bits per heavy atom. The normalized spacial score (nSPS) is 13.2. The van der Waals surface area contributed by atoms with Crippen LogP contribution < -0.4 is 4.72 Å². The lowest BCUT2D eigenvalue weighted by Crippen LogP contribution is -2.31. The van der Waals surface area contributed by atoms with Crippen LogP contribution in [0.2, 0.25) is 0 Å². The lowest BCUT2D eigenvalue weighted by molar-refractivity contribution is 0.567. The minimum Gasteiger partial charge on any atom is -0.207 e. The van der Waals surface area contributed by atoms with Crippen molar-refractivity contribution in [2.45, 2.75) is 70.2 Å². The van der Waals surface area contributed by atoms with E-state index in [0.29, 0.717) is 10.8 Å². The van der Waals surface area contributed by atoms with E-state index in [4.69, 9.17) is 0 Å². The SMILES string of the molecule is CC(C)c1cc(C(C)C)c(S(=O)(=O)N[C@H](c2ccccc2)c2ccc(Br)cc2)c(C(C)C)c1. The molecule has 3 aromatic carbocycles. The Labute approximate surface area is 207 Å². The standard InChI is InChI=1S/C28H34BrNO2S/c1-18(2)23-16-25(19(3)4)28(26(17-23)20(5)6)33(31,32)30-27(21-10-8-7-9-11-21)22-12-14-24(29)15-13-22/h7-20,27,30H,1-6H3/t27-/m1/s1. The van der Waals surface area contributed by atoms with Crippen LogP contribution >= 0.6 is 15.9 Å². The second-order valence-electron chi connectivity index (χ2n) is 9.51. The van der Waals surface area contributed by atoms with E-state index in [2.05, 4.69) is 74.3 Å². The molecule has 3 aromatic rings. The Kier molecular flexibility index (Phi) is 8.20. The van der Waals surface area contributed by atoms with Crippen molar-refractivity contribution in [2.75, 3.05) is 0 Å². The van der Waals surface area contributed by atoms with Crippen molar-refractivity contribution < 1.29 is 8.42 Å². The summed E-state index contributed by atoms with van der Waals surface area (Å²) >= 11 is 3.48. The van der Waals surface area contributed by atoms with Gasteiger partial charge in [-0.3, -0.25) is 0 Å². The first kappa shape index (κ1) is 25.7. The van der Waals surface area contributed by atoms with Gasteiger partial charge in [0.25, 0.3) is 0 Å². The topological polar surface area (TPSA) is 46.2 Å². The van der Waals surface area contributed by atoms with Crippen molar-refractivity contribution in [3.8, 4) is 0 Å². The van der Waals surface area contributed by atoms with Gasteiger partial charge in [-0.15, -0.1) is 0 Å². The van der Waals surface area contributed by atoms with E-state index < -0.39 is 16.1 Å². The molecule has 0 bridgehead atoms. The van der Waals surface area contributed by atoms with Crippen LogP contribution in [0.3, 0.4) is 0 Å². The predicted molar refractivity (Wildman–Crippen MR) is 141 cm³/mol. The van der Waals surface area contributed by atoms with Crippen molar-refractivity contribution in [3.05, 3.63) is 99.0 Å². The zero-order chi connectivity index (χ0) is 24.3. The predicted octanol–water partition coefficient (Wildman–Crippen LogP) is 7.89. The Balaban J connectivity index is 2.20. The van der Waals surface area contributed by atoms with Gasteiger partial charge in [0.2, 0.25) is 10.0 Å². The second-order valence-corrected chi connectivity index (χ2v) is 12.1. The number of nitrogens with one attached hydrogen (secondary N) is 1. The first-order valence-electron chi connectivity index (χ1n) is 11.5. The molecule has 176 valence electrons. The van der Waals surface area contributed by atoms with Gasteiger partial charge in [-0.25, -0.2) is 8.42 Å². The summed E-state index contributed by atoms with van der Waals surface area (Å²) in [4.78, 5) is 0.426. The molecule has 5 heteroatoms. The van der Waals surface area contributed by atoms with Crippen LogP contribution in [0.15, 0.2) is 76.1 Å². The number of hydrogen-bond acceptors (Lipinski definition) is 2. The van der Waals surface area contributed by atoms with Crippen molar-refractivity contribution in [3.63, 3.8) is 0 Å². The average molecular weight is 529 g/mol. The molecule has 1 N–H and O–H groups in total. The highest BCUT2D eigenvalue weighted by atomic mass is 79.9. The molecule has 3 nitrogen and oxygen atoms in total. The van der Waals surface area contributed by atoms with Gasteiger partial charge in [0.1, 0.15) is 0 Å². The molecule has 0 amide bonds. The Hall–Kier alpha value is -1.95. The molecule has 0 aliphatic rings. The minimum atomic E-state index is -3.82. The molecule has 3 rings (SSSR count). The van der Waals surface area contributed by atoms with Gasteiger partial charge in [-0.1, -0.05) is 112 Å². The first-order chi connectivity index (χ1) is 15.5. The van der Waals surface area contributed by atoms with Crippen molar-refractivity contribution >= 4 is 26.0 Å². The van der Waals surface area contributed by atoms with Crippen molar-refractivity contribution in [2.24, 2.45) is 0 Å². The van der Waals surface area contributed by atoms with Crippen LogP contribution in [0.5, 0.6) is 0 Å². The fourth-order valence-electron chi connectivity index (χ4n) is 4.04. The monoisotopic (exact) mass is 527 g/mol. The molecule has 0 saturated heterocycles. The molecule has 0 aliphatic carbocycles. The summed E-state index contributed by atoms with van der Waals surface area (Å²) in [6.07, 6.45) is 0. The summed E-state index contributed by atoms with van der Waals surface area (Å²) in [5, 5.41) is 0. The first-order valence-corrected chi connectivity index (χ1v) is 13.8. The number of rotatable bonds is 8. The summed E-state index contributed by atoms with van der Waals surface area (Å²) in [6, 6.07) is 21.2. The molecule has 0 unspecified atom stereocenters. The third-order valence-electron chi connectivity index (χ3n) is 5.96. The number of hydrogen-bond donors (Lipinski definition) is 1. The van der Waals surface area contributed by atoms with Gasteiger partial charge in [-0.2, -0.15) is 4.72 Å². The van der Waals surface area contributed by atoms with Crippen LogP contribution in [-0.4, -0.2) is 8.42 Å². The van der Waals surface area contributed by atoms with Gasteiger partial charge in [0.05, 0.1) is 10.9 Å². The van der Waals surface area contributed by atoms with Crippen LogP contribution in [0, 0.1) is 0 Å². The van der Waals surface area contributed by atoms with E-state index in [1.807, 2.05) is 54.6 Å². The number of benzene rings is 3. The number of sulfonamides is 1. The molecule has 33 heavy (non-hydrogen) atoms. The fraction of sp³-hybridized carbons (Fsp3) is 0.357. The summed E-state index contributed by atoms with van der Waals surface area (Å²) < 4.78 is 32.1. The number of halogens is 1.